The maximum Gasteiger partial charge on any atom is 0.305 e. The molecule has 104 valence electrons. The number of para-hydroxylation sites is 2. The number of benzene rings is 1. The van der Waals surface area contributed by atoms with Crippen LogP contribution in [-0.4, -0.2) is 29.6 Å². The van der Waals surface area contributed by atoms with Crippen molar-refractivity contribution in [2.24, 2.45) is 5.73 Å². The van der Waals surface area contributed by atoms with Gasteiger partial charge in [0.05, 0.1) is 17.8 Å². The smallest absolute Gasteiger partial charge is 0.305 e. The van der Waals surface area contributed by atoms with Gasteiger partial charge in [-0.1, -0.05) is 19.1 Å². The molecule has 0 saturated heterocycles. The number of primary amides is 1. The standard InChI is InChI=1S/C13H19N3O3/c1-2-10(13(15)19)16(8-7-12(17)18)11-6-4-3-5-9(11)14/h3-6,10H,2,7-8,14H2,1H3,(H2,15,19)(H,17,18). The van der Waals surface area contributed by atoms with E-state index < -0.39 is 17.9 Å². The molecule has 1 atom stereocenters. The van der Waals surface area contributed by atoms with E-state index in [-0.39, 0.29) is 13.0 Å². The monoisotopic (exact) mass is 265 g/mol. The van der Waals surface area contributed by atoms with Crippen molar-refractivity contribution in [2.45, 2.75) is 25.8 Å². The SMILES string of the molecule is CCC(C(N)=O)N(CCC(=O)O)c1ccccc1N. The molecular weight excluding hydrogens is 246 g/mol. The van der Waals surface area contributed by atoms with E-state index in [1.165, 1.54) is 0 Å². The van der Waals surface area contributed by atoms with E-state index in [1.807, 2.05) is 6.92 Å². The number of aliphatic carboxylic acids is 1. The number of amides is 1. The fourth-order valence-corrected chi connectivity index (χ4v) is 1.98. The normalized spacial score (nSPS) is 11.8. The van der Waals surface area contributed by atoms with Gasteiger partial charge in [-0.15, -0.1) is 0 Å². The minimum Gasteiger partial charge on any atom is -0.481 e. The van der Waals surface area contributed by atoms with E-state index in [9.17, 15) is 9.59 Å². The minimum absolute atomic E-state index is 0.0852. The second-order valence-electron chi connectivity index (χ2n) is 4.22. The Kier molecular flexibility index (Phi) is 5.17. The van der Waals surface area contributed by atoms with Gasteiger partial charge in [-0.3, -0.25) is 9.59 Å². The van der Waals surface area contributed by atoms with Crippen molar-refractivity contribution in [2.75, 3.05) is 17.2 Å². The summed E-state index contributed by atoms with van der Waals surface area (Å²) in [5.41, 5.74) is 12.4. The fraction of sp³-hybridized carbons (Fsp3) is 0.385. The summed E-state index contributed by atoms with van der Waals surface area (Å²) >= 11 is 0. The number of nitrogens with zero attached hydrogens (tertiary/aromatic N) is 1. The van der Waals surface area contributed by atoms with Gasteiger partial charge in [-0.25, -0.2) is 0 Å². The molecule has 6 nitrogen and oxygen atoms in total. The quantitative estimate of drug-likeness (QED) is 0.632. The van der Waals surface area contributed by atoms with Crippen molar-refractivity contribution in [1.82, 2.24) is 0 Å². The number of rotatable bonds is 7. The topological polar surface area (TPSA) is 110 Å². The van der Waals surface area contributed by atoms with Crippen LogP contribution in [0, 0.1) is 0 Å². The number of hydrogen-bond donors (Lipinski definition) is 3. The highest BCUT2D eigenvalue weighted by Gasteiger charge is 2.24. The Balaban J connectivity index is 3.07. The van der Waals surface area contributed by atoms with Gasteiger partial charge >= 0.3 is 5.97 Å². The Hall–Kier alpha value is -2.24. The Morgan fingerprint density at radius 1 is 1.37 bits per heavy atom. The van der Waals surface area contributed by atoms with Crippen molar-refractivity contribution in [3.05, 3.63) is 24.3 Å². The summed E-state index contributed by atoms with van der Waals surface area (Å²) in [5, 5.41) is 8.80. The maximum atomic E-state index is 11.5. The summed E-state index contributed by atoms with van der Waals surface area (Å²) in [4.78, 5) is 23.9. The molecule has 1 unspecified atom stereocenters. The molecule has 1 amide bonds. The summed E-state index contributed by atoms with van der Waals surface area (Å²) < 4.78 is 0. The summed E-state index contributed by atoms with van der Waals surface area (Å²) in [6, 6.07) is 6.45. The lowest BCUT2D eigenvalue weighted by Crippen LogP contribution is -2.45. The molecule has 5 N–H and O–H groups in total. The number of hydrogen-bond acceptors (Lipinski definition) is 4. The molecule has 0 aromatic heterocycles. The average Bonchev–Trinajstić information content (AvgIpc) is 2.34. The van der Waals surface area contributed by atoms with Crippen molar-refractivity contribution in [3.8, 4) is 0 Å². The van der Waals surface area contributed by atoms with Gasteiger partial charge in [-0.2, -0.15) is 0 Å². The van der Waals surface area contributed by atoms with Crippen LogP contribution in [0.25, 0.3) is 0 Å². The fourth-order valence-electron chi connectivity index (χ4n) is 1.98. The van der Waals surface area contributed by atoms with Crippen molar-refractivity contribution >= 4 is 23.3 Å². The summed E-state index contributed by atoms with van der Waals surface area (Å²) in [5.74, 6) is -1.42. The van der Waals surface area contributed by atoms with Gasteiger partial charge in [0.1, 0.15) is 6.04 Å². The molecule has 0 bridgehead atoms. The van der Waals surface area contributed by atoms with Gasteiger partial charge in [0, 0.05) is 6.54 Å². The molecule has 0 heterocycles. The van der Waals surface area contributed by atoms with Crippen LogP contribution in [-0.2, 0) is 9.59 Å². The Morgan fingerprint density at radius 2 is 2.00 bits per heavy atom. The van der Waals surface area contributed by atoms with Crippen LogP contribution in [0.2, 0.25) is 0 Å². The second kappa shape index (κ2) is 6.63. The highest BCUT2D eigenvalue weighted by atomic mass is 16.4. The van der Waals surface area contributed by atoms with E-state index in [0.29, 0.717) is 17.8 Å². The van der Waals surface area contributed by atoms with E-state index >= 15 is 0 Å². The van der Waals surface area contributed by atoms with Crippen LogP contribution in [0.3, 0.4) is 0 Å². The van der Waals surface area contributed by atoms with Crippen molar-refractivity contribution in [3.63, 3.8) is 0 Å². The van der Waals surface area contributed by atoms with Crippen LogP contribution >= 0.6 is 0 Å². The lowest BCUT2D eigenvalue weighted by Gasteiger charge is -2.31. The van der Waals surface area contributed by atoms with Gasteiger partial charge in [0.15, 0.2) is 0 Å². The maximum absolute atomic E-state index is 11.5. The van der Waals surface area contributed by atoms with Crippen LogP contribution in [0.5, 0.6) is 0 Å². The van der Waals surface area contributed by atoms with Gasteiger partial charge in [0.2, 0.25) is 5.91 Å². The number of carboxylic acid groups (broad SMARTS) is 1. The van der Waals surface area contributed by atoms with E-state index in [2.05, 4.69) is 0 Å². The number of carbonyl (C=O) groups excluding carboxylic acids is 1. The first kappa shape index (κ1) is 14.8. The Labute approximate surface area is 112 Å². The molecule has 0 aliphatic carbocycles. The van der Waals surface area contributed by atoms with Crippen LogP contribution in [0.15, 0.2) is 24.3 Å². The molecule has 19 heavy (non-hydrogen) atoms. The number of nitrogens with two attached hydrogens (primary N) is 2. The number of anilines is 2. The predicted molar refractivity (Wildman–Crippen MR) is 73.7 cm³/mol. The number of nitrogen functional groups attached to an aromatic ring is 1. The van der Waals surface area contributed by atoms with Crippen molar-refractivity contribution < 1.29 is 14.7 Å². The first-order valence-corrected chi connectivity index (χ1v) is 6.09. The van der Waals surface area contributed by atoms with Gasteiger partial charge < -0.3 is 21.5 Å². The molecule has 6 heteroatoms. The van der Waals surface area contributed by atoms with Crippen LogP contribution in [0.1, 0.15) is 19.8 Å². The third kappa shape index (κ3) is 3.87. The molecule has 0 fully saturated rings. The minimum atomic E-state index is -0.932. The number of carbonyl (C=O) groups is 2. The molecule has 0 aliphatic rings. The molecule has 0 radical (unpaired) electrons. The molecule has 0 spiro atoms. The first-order valence-electron chi connectivity index (χ1n) is 6.09. The van der Waals surface area contributed by atoms with Crippen LogP contribution in [0.4, 0.5) is 11.4 Å². The Bertz CT molecular complexity index is 462. The zero-order chi connectivity index (χ0) is 14.4. The van der Waals surface area contributed by atoms with Crippen LogP contribution < -0.4 is 16.4 Å². The predicted octanol–water partition coefficient (Wildman–Crippen LogP) is 0.814. The summed E-state index contributed by atoms with van der Waals surface area (Å²) in [6.45, 7) is 2.01. The third-order valence-electron chi connectivity index (χ3n) is 2.90. The van der Waals surface area contributed by atoms with E-state index in [1.54, 1.807) is 29.2 Å². The largest absolute Gasteiger partial charge is 0.481 e. The van der Waals surface area contributed by atoms with Crippen molar-refractivity contribution in [1.29, 1.82) is 0 Å². The lowest BCUT2D eigenvalue weighted by atomic mass is 10.1. The van der Waals surface area contributed by atoms with E-state index in [4.69, 9.17) is 16.6 Å². The first-order chi connectivity index (χ1) is 8.97. The number of carboxylic acids is 1. The molecule has 1 aromatic carbocycles. The molecule has 1 aromatic rings. The second-order valence-corrected chi connectivity index (χ2v) is 4.22. The molecule has 1 rings (SSSR count). The lowest BCUT2D eigenvalue weighted by molar-refractivity contribution is -0.137. The Morgan fingerprint density at radius 3 is 2.47 bits per heavy atom. The summed E-state index contributed by atoms with van der Waals surface area (Å²) in [6.07, 6.45) is 0.404. The average molecular weight is 265 g/mol. The highest BCUT2D eigenvalue weighted by molar-refractivity contribution is 5.85. The summed E-state index contributed by atoms with van der Waals surface area (Å²) in [7, 11) is 0. The molecular formula is C13H19N3O3. The molecule has 0 saturated carbocycles. The molecule has 0 aliphatic heterocycles. The van der Waals surface area contributed by atoms with Gasteiger partial charge in [-0.05, 0) is 18.6 Å². The zero-order valence-corrected chi connectivity index (χ0v) is 10.9. The van der Waals surface area contributed by atoms with Gasteiger partial charge in [0.25, 0.3) is 0 Å². The van der Waals surface area contributed by atoms with E-state index in [0.717, 1.165) is 0 Å². The third-order valence-corrected chi connectivity index (χ3v) is 2.90. The highest BCUT2D eigenvalue weighted by Crippen LogP contribution is 2.25. The zero-order valence-electron chi connectivity index (χ0n) is 10.9.